The van der Waals surface area contributed by atoms with Crippen molar-refractivity contribution in [2.75, 3.05) is 12.3 Å². The van der Waals surface area contributed by atoms with E-state index in [4.69, 9.17) is 4.74 Å². The highest BCUT2D eigenvalue weighted by Gasteiger charge is 2.18. The van der Waals surface area contributed by atoms with Crippen LogP contribution in [0.5, 0.6) is 5.75 Å². The summed E-state index contributed by atoms with van der Waals surface area (Å²) in [5.74, 6) is 1.57. The summed E-state index contributed by atoms with van der Waals surface area (Å²) in [7, 11) is 0. The van der Waals surface area contributed by atoms with Crippen molar-refractivity contribution in [1.29, 1.82) is 0 Å². The van der Waals surface area contributed by atoms with Crippen LogP contribution >= 0.6 is 11.8 Å². The first kappa shape index (κ1) is 19.4. The number of amides is 1. The molecule has 0 saturated carbocycles. The van der Waals surface area contributed by atoms with Gasteiger partial charge in [0.15, 0.2) is 6.10 Å². The largest absolute Gasteiger partial charge is 0.480 e. The molecule has 2 aromatic rings. The SMILES string of the molecule is CCC(Oc1ccc(C)cc1C)C(=O)NCCSc1ccc(C)cc1. The molecule has 0 aliphatic carbocycles. The van der Waals surface area contributed by atoms with E-state index in [2.05, 4.69) is 42.6 Å². The van der Waals surface area contributed by atoms with Gasteiger partial charge in [-0.15, -0.1) is 11.8 Å². The lowest BCUT2D eigenvalue weighted by atomic mass is 10.1. The van der Waals surface area contributed by atoms with Crippen LogP contribution in [-0.4, -0.2) is 24.3 Å². The minimum Gasteiger partial charge on any atom is -0.480 e. The van der Waals surface area contributed by atoms with Gasteiger partial charge in [-0.3, -0.25) is 4.79 Å². The van der Waals surface area contributed by atoms with Crippen LogP contribution in [0.4, 0.5) is 0 Å². The van der Waals surface area contributed by atoms with Gasteiger partial charge >= 0.3 is 0 Å². The summed E-state index contributed by atoms with van der Waals surface area (Å²) in [6.07, 6.45) is 0.190. The summed E-state index contributed by atoms with van der Waals surface area (Å²) in [5.41, 5.74) is 3.50. The minimum atomic E-state index is -0.453. The van der Waals surface area contributed by atoms with Crippen LogP contribution in [0.1, 0.15) is 30.0 Å². The first-order valence-electron chi connectivity index (χ1n) is 8.70. The lowest BCUT2D eigenvalue weighted by Crippen LogP contribution is -2.39. The molecule has 0 radical (unpaired) electrons. The van der Waals surface area contributed by atoms with Crippen molar-refractivity contribution in [1.82, 2.24) is 5.32 Å². The number of benzene rings is 2. The molecule has 1 N–H and O–H groups in total. The molecule has 134 valence electrons. The van der Waals surface area contributed by atoms with Crippen LogP contribution < -0.4 is 10.1 Å². The maximum Gasteiger partial charge on any atom is 0.261 e. The maximum absolute atomic E-state index is 12.4. The second kappa shape index (κ2) is 9.52. The fourth-order valence-electron chi connectivity index (χ4n) is 2.50. The fourth-order valence-corrected chi connectivity index (χ4v) is 3.27. The molecule has 0 spiro atoms. The van der Waals surface area contributed by atoms with Gasteiger partial charge < -0.3 is 10.1 Å². The third-order valence-electron chi connectivity index (χ3n) is 3.95. The van der Waals surface area contributed by atoms with Crippen molar-refractivity contribution in [3.8, 4) is 5.75 Å². The molecule has 0 saturated heterocycles. The normalized spacial score (nSPS) is 11.8. The highest BCUT2D eigenvalue weighted by Crippen LogP contribution is 2.21. The Morgan fingerprint density at radius 3 is 2.40 bits per heavy atom. The smallest absolute Gasteiger partial charge is 0.261 e. The third-order valence-corrected chi connectivity index (χ3v) is 4.97. The second-order valence-electron chi connectivity index (χ2n) is 6.24. The highest BCUT2D eigenvalue weighted by atomic mass is 32.2. The van der Waals surface area contributed by atoms with E-state index < -0.39 is 6.10 Å². The molecule has 0 bridgehead atoms. The minimum absolute atomic E-state index is 0.0491. The predicted octanol–water partition coefficient (Wildman–Crippen LogP) is 4.68. The Morgan fingerprint density at radius 2 is 1.76 bits per heavy atom. The van der Waals surface area contributed by atoms with E-state index in [0.717, 1.165) is 17.1 Å². The highest BCUT2D eigenvalue weighted by molar-refractivity contribution is 7.99. The molecule has 4 heteroatoms. The molecular formula is C21H27NO2S. The van der Waals surface area contributed by atoms with Crippen LogP contribution in [0.25, 0.3) is 0 Å². The van der Waals surface area contributed by atoms with Crippen LogP contribution in [0.15, 0.2) is 47.4 Å². The Bertz CT molecular complexity index is 698. The molecule has 25 heavy (non-hydrogen) atoms. The topological polar surface area (TPSA) is 38.3 Å². The van der Waals surface area contributed by atoms with Gasteiger partial charge in [0.25, 0.3) is 5.91 Å². The van der Waals surface area contributed by atoms with E-state index in [9.17, 15) is 4.79 Å². The zero-order valence-electron chi connectivity index (χ0n) is 15.5. The quantitative estimate of drug-likeness (QED) is 0.551. The van der Waals surface area contributed by atoms with Gasteiger partial charge in [0, 0.05) is 17.2 Å². The number of rotatable bonds is 8. The number of hydrogen-bond acceptors (Lipinski definition) is 3. The van der Waals surface area contributed by atoms with Crippen molar-refractivity contribution in [3.63, 3.8) is 0 Å². The van der Waals surface area contributed by atoms with E-state index in [-0.39, 0.29) is 5.91 Å². The molecule has 2 aromatic carbocycles. The van der Waals surface area contributed by atoms with Crippen molar-refractivity contribution in [3.05, 3.63) is 59.2 Å². The summed E-state index contributed by atoms with van der Waals surface area (Å²) in [5, 5.41) is 2.98. The monoisotopic (exact) mass is 357 g/mol. The van der Waals surface area contributed by atoms with Crippen LogP contribution in [0, 0.1) is 20.8 Å². The van der Waals surface area contributed by atoms with E-state index in [1.165, 1.54) is 16.0 Å². The summed E-state index contributed by atoms with van der Waals surface area (Å²) in [6, 6.07) is 14.4. The molecule has 0 heterocycles. The Hall–Kier alpha value is -1.94. The lowest BCUT2D eigenvalue weighted by molar-refractivity contribution is -0.128. The van der Waals surface area contributed by atoms with Gasteiger partial charge in [-0.25, -0.2) is 0 Å². The number of carbonyl (C=O) groups is 1. The molecule has 0 aliphatic rings. The Kier molecular flexibility index (Phi) is 7.38. The number of carbonyl (C=O) groups excluding carboxylic acids is 1. The molecular weight excluding hydrogens is 330 g/mol. The summed E-state index contributed by atoms with van der Waals surface area (Å²) >= 11 is 1.74. The zero-order chi connectivity index (χ0) is 18.2. The average molecular weight is 358 g/mol. The Labute approximate surface area is 155 Å². The van der Waals surface area contributed by atoms with E-state index in [1.807, 2.05) is 32.9 Å². The van der Waals surface area contributed by atoms with E-state index in [1.54, 1.807) is 11.8 Å². The fraction of sp³-hybridized carbons (Fsp3) is 0.381. The van der Waals surface area contributed by atoms with Crippen molar-refractivity contribution >= 4 is 17.7 Å². The van der Waals surface area contributed by atoms with Gasteiger partial charge in [-0.2, -0.15) is 0 Å². The van der Waals surface area contributed by atoms with Gasteiger partial charge in [-0.05, 0) is 51.0 Å². The number of aryl methyl sites for hydroxylation is 3. The summed E-state index contributed by atoms with van der Waals surface area (Å²) in [4.78, 5) is 13.6. The molecule has 1 amide bonds. The number of hydrogen-bond donors (Lipinski definition) is 1. The van der Waals surface area contributed by atoms with E-state index >= 15 is 0 Å². The summed E-state index contributed by atoms with van der Waals surface area (Å²) < 4.78 is 5.92. The molecule has 1 unspecified atom stereocenters. The number of nitrogens with one attached hydrogen (secondary N) is 1. The van der Waals surface area contributed by atoms with Crippen LogP contribution in [0.3, 0.4) is 0 Å². The molecule has 3 nitrogen and oxygen atoms in total. The number of ether oxygens (including phenoxy) is 1. The third kappa shape index (κ3) is 6.13. The van der Waals surface area contributed by atoms with Gasteiger partial charge in [0.05, 0.1) is 0 Å². The first-order valence-corrected chi connectivity index (χ1v) is 9.69. The first-order chi connectivity index (χ1) is 12.0. The van der Waals surface area contributed by atoms with Crippen molar-refractivity contribution < 1.29 is 9.53 Å². The average Bonchev–Trinajstić information content (AvgIpc) is 2.59. The van der Waals surface area contributed by atoms with Crippen molar-refractivity contribution in [2.24, 2.45) is 0 Å². The lowest BCUT2D eigenvalue weighted by Gasteiger charge is -2.19. The molecule has 0 aromatic heterocycles. The second-order valence-corrected chi connectivity index (χ2v) is 7.40. The predicted molar refractivity (Wildman–Crippen MR) is 106 cm³/mol. The van der Waals surface area contributed by atoms with Crippen LogP contribution in [-0.2, 0) is 4.79 Å². The van der Waals surface area contributed by atoms with Gasteiger partial charge in [-0.1, -0.05) is 42.3 Å². The van der Waals surface area contributed by atoms with E-state index in [0.29, 0.717) is 13.0 Å². The zero-order valence-corrected chi connectivity index (χ0v) is 16.3. The molecule has 0 fully saturated rings. The standard InChI is InChI=1S/C21H27NO2S/c1-5-19(24-20-11-8-16(3)14-17(20)4)21(23)22-12-13-25-18-9-6-15(2)7-10-18/h6-11,14,19H,5,12-13H2,1-4H3,(H,22,23). The van der Waals surface area contributed by atoms with Gasteiger partial charge in [0.1, 0.15) is 5.75 Å². The number of thioether (sulfide) groups is 1. The Morgan fingerprint density at radius 1 is 1.08 bits per heavy atom. The molecule has 1 atom stereocenters. The Balaban J connectivity index is 1.80. The molecule has 2 rings (SSSR count). The molecule has 0 aliphatic heterocycles. The summed E-state index contributed by atoms with van der Waals surface area (Å²) in [6.45, 7) is 8.73. The maximum atomic E-state index is 12.4. The van der Waals surface area contributed by atoms with Crippen molar-refractivity contribution in [2.45, 2.75) is 45.1 Å². The van der Waals surface area contributed by atoms with Gasteiger partial charge in [0.2, 0.25) is 0 Å². The van der Waals surface area contributed by atoms with Crippen LogP contribution in [0.2, 0.25) is 0 Å².